The monoisotopic (exact) mass is 221 g/mol. The smallest absolute Gasteiger partial charge is 0.416 e. The molecule has 0 spiro atoms. The lowest BCUT2D eigenvalue weighted by Gasteiger charge is -2.10. The fraction of sp³-hybridized carbons (Fsp3) is 0.273. The number of methoxy groups -OCH3 is 1. The van der Waals surface area contributed by atoms with E-state index in [1.807, 2.05) is 0 Å². The highest BCUT2D eigenvalue weighted by Crippen LogP contribution is 2.15. The summed E-state index contributed by atoms with van der Waals surface area (Å²) in [6, 6.07) is 6.59. The predicted molar refractivity (Wildman–Crippen MR) is 55.4 cm³/mol. The second-order valence-corrected chi connectivity index (χ2v) is 3.30. The van der Waals surface area contributed by atoms with Crippen LogP contribution in [-0.2, 0) is 4.74 Å². The second-order valence-electron chi connectivity index (χ2n) is 3.30. The summed E-state index contributed by atoms with van der Waals surface area (Å²) in [6.45, 7) is 0.574. The van der Waals surface area contributed by atoms with Gasteiger partial charge in [-0.15, -0.1) is 0 Å². The number of rotatable bonds is 2. The van der Waals surface area contributed by atoms with E-state index in [0.29, 0.717) is 17.9 Å². The number of hydrogen-bond donors (Lipinski definition) is 0. The van der Waals surface area contributed by atoms with Crippen molar-refractivity contribution in [3.05, 3.63) is 29.8 Å². The first-order valence-corrected chi connectivity index (χ1v) is 4.85. The SMILES string of the molecule is COc1ccc(C(=O)N2CCOC2=O)cc1. The van der Waals surface area contributed by atoms with Crippen LogP contribution in [0.5, 0.6) is 5.75 Å². The summed E-state index contributed by atoms with van der Waals surface area (Å²) in [7, 11) is 1.55. The van der Waals surface area contributed by atoms with E-state index in [9.17, 15) is 9.59 Å². The summed E-state index contributed by atoms with van der Waals surface area (Å²) in [4.78, 5) is 24.1. The minimum absolute atomic E-state index is 0.265. The Morgan fingerprint density at radius 1 is 1.38 bits per heavy atom. The largest absolute Gasteiger partial charge is 0.497 e. The molecule has 16 heavy (non-hydrogen) atoms. The fourth-order valence-electron chi connectivity index (χ4n) is 1.47. The van der Waals surface area contributed by atoms with Crippen molar-refractivity contribution >= 4 is 12.0 Å². The predicted octanol–water partition coefficient (Wildman–Crippen LogP) is 1.29. The lowest BCUT2D eigenvalue weighted by molar-refractivity contribution is 0.0810. The molecule has 2 amide bonds. The van der Waals surface area contributed by atoms with E-state index in [-0.39, 0.29) is 12.5 Å². The van der Waals surface area contributed by atoms with Gasteiger partial charge in [0.2, 0.25) is 0 Å². The first-order valence-electron chi connectivity index (χ1n) is 4.85. The first kappa shape index (κ1) is 10.5. The van der Waals surface area contributed by atoms with Crippen LogP contribution >= 0.6 is 0 Å². The van der Waals surface area contributed by atoms with Crippen LogP contribution in [0.25, 0.3) is 0 Å². The Bertz CT molecular complexity index is 412. The third-order valence-corrected chi connectivity index (χ3v) is 2.34. The standard InChI is InChI=1S/C11H11NO4/c1-15-9-4-2-8(3-5-9)10(13)12-6-7-16-11(12)14/h2-5H,6-7H2,1H3. The minimum Gasteiger partial charge on any atom is -0.497 e. The van der Waals surface area contributed by atoms with Crippen molar-refractivity contribution in [3.63, 3.8) is 0 Å². The number of ether oxygens (including phenoxy) is 2. The van der Waals surface area contributed by atoms with Gasteiger partial charge in [0, 0.05) is 5.56 Å². The number of hydrogen-bond acceptors (Lipinski definition) is 4. The van der Waals surface area contributed by atoms with Crippen molar-refractivity contribution in [2.75, 3.05) is 20.3 Å². The summed E-state index contributed by atoms with van der Waals surface area (Å²) in [5, 5.41) is 0. The van der Waals surface area contributed by atoms with Crippen LogP contribution in [-0.4, -0.2) is 37.2 Å². The zero-order valence-electron chi connectivity index (χ0n) is 8.80. The van der Waals surface area contributed by atoms with E-state index in [0.717, 1.165) is 4.90 Å². The van der Waals surface area contributed by atoms with Gasteiger partial charge in [-0.3, -0.25) is 4.79 Å². The van der Waals surface area contributed by atoms with Crippen molar-refractivity contribution in [1.82, 2.24) is 4.90 Å². The highest BCUT2D eigenvalue weighted by atomic mass is 16.6. The quantitative estimate of drug-likeness (QED) is 0.755. The number of imide groups is 1. The Labute approximate surface area is 92.6 Å². The van der Waals surface area contributed by atoms with Crippen LogP contribution in [0.2, 0.25) is 0 Å². The number of amides is 2. The number of benzene rings is 1. The topological polar surface area (TPSA) is 55.8 Å². The molecule has 0 aromatic heterocycles. The third-order valence-electron chi connectivity index (χ3n) is 2.34. The Hall–Kier alpha value is -2.04. The second kappa shape index (κ2) is 4.22. The molecule has 1 heterocycles. The summed E-state index contributed by atoms with van der Waals surface area (Å²) in [6.07, 6.45) is -0.583. The number of carbonyl (C=O) groups is 2. The van der Waals surface area contributed by atoms with Gasteiger partial charge in [0.15, 0.2) is 0 Å². The van der Waals surface area contributed by atoms with Gasteiger partial charge in [0.1, 0.15) is 12.4 Å². The Balaban J connectivity index is 2.17. The average Bonchev–Trinajstić information content (AvgIpc) is 2.75. The van der Waals surface area contributed by atoms with E-state index in [1.54, 1.807) is 31.4 Å². The Morgan fingerprint density at radius 3 is 2.56 bits per heavy atom. The Morgan fingerprint density at radius 2 is 2.06 bits per heavy atom. The molecule has 0 atom stereocenters. The molecule has 1 aliphatic rings. The van der Waals surface area contributed by atoms with Crippen LogP contribution in [0.4, 0.5) is 4.79 Å². The van der Waals surface area contributed by atoms with E-state index in [4.69, 9.17) is 9.47 Å². The van der Waals surface area contributed by atoms with Gasteiger partial charge in [-0.05, 0) is 24.3 Å². The summed E-state index contributed by atoms with van der Waals surface area (Å²) < 4.78 is 9.67. The molecule has 0 aliphatic carbocycles. The first-order chi connectivity index (χ1) is 7.72. The van der Waals surface area contributed by atoms with Crippen molar-refractivity contribution in [2.45, 2.75) is 0 Å². The number of nitrogens with zero attached hydrogens (tertiary/aromatic N) is 1. The van der Waals surface area contributed by atoms with E-state index >= 15 is 0 Å². The molecule has 1 fully saturated rings. The summed E-state index contributed by atoms with van der Waals surface area (Å²) in [5.41, 5.74) is 0.444. The van der Waals surface area contributed by atoms with Crippen LogP contribution in [0.15, 0.2) is 24.3 Å². The fourth-order valence-corrected chi connectivity index (χ4v) is 1.47. The minimum atomic E-state index is -0.583. The highest BCUT2D eigenvalue weighted by Gasteiger charge is 2.28. The molecule has 0 unspecified atom stereocenters. The maximum absolute atomic E-state index is 11.8. The molecular weight excluding hydrogens is 210 g/mol. The van der Waals surface area contributed by atoms with Crippen molar-refractivity contribution < 1.29 is 19.1 Å². The van der Waals surface area contributed by atoms with Crippen LogP contribution < -0.4 is 4.74 Å². The third kappa shape index (κ3) is 1.84. The molecule has 0 saturated carbocycles. The molecule has 0 radical (unpaired) electrons. The van der Waals surface area contributed by atoms with Gasteiger partial charge in [-0.1, -0.05) is 0 Å². The van der Waals surface area contributed by atoms with Gasteiger partial charge in [-0.2, -0.15) is 0 Å². The highest BCUT2D eigenvalue weighted by molar-refractivity contribution is 6.03. The van der Waals surface area contributed by atoms with Crippen LogP contribution in [0.3, 0.4) is 0 Å². The van der Waals surface area contributed by atoms with E-state index < -0.39 is 6.09 Å². The van der Waals surface area contributed by atoms with Crippen LogP contribution in [0, 0.1) is 0 Å². The molecule has 1 aromatic carbocycles. The van der Waals surface area contributed by atoms with Gasteiger partial charge in [0.25, 0.3) is 5.91 Å². The molecule has 1 aliphatic heterocycles. The van der Waals surface area contributed by atoms with Gasteiger partial charge in [0.05, 0.1) is 13.7 Å². The van der Waals surface area contributed by atoms with Gasteiger partial charge in [-0.25, -0.2) is 9.69 Å². The zero-order valence-corrected chi connectivity index (χ0v) is 8.80. The molecule has 5 nitrogen and oxygen atoms in total. The summed E-state index contributed by atoms with van der Waals surface area (Å²) in [5.74, 6) is 0.325. The van der Waals surface area contributed by atoms with Crippen molar-refractivity contribution in [3.8, 4) is 5.75 Å². The Kier molecular flexibility index (Phi) is 2.76. The van der Waals surface area contributed by atoms with Crippen LogP contribution in [0.1, 0.15) is 10.4 Å². The molecule has 1 aromatic rings. The lowest BCUT2D eigenvalue weighted by Crippen LogP contribution is -2.31. The molecule has 0 N–H and O–H groups in total. The molecule has 2 rings (SSSR count). The lowest BCUT2D eigenvalue weighted by atomic mass is 10.2. The molecular formula is C11H11NO4. The molecule has 5 heteroatoms. The van der Waals surface area contributed by atoms with E-state index in [2.05, 4.69) is 0 Å². The molecule has 0 bridgehead atoms. The van der Waals surface area contributed by atoms with Crippen molar-refractivity contribution in [1.29, 1.82) is 0 Å². The molecule has 1 saturated heterocycles. The average molecular weight is 221 g/mol. The number of carbonyl (C=O) groups excluding carboxylic acids is 2. The maximum atomic E-state index is 11.8. The molecule has 84 valence electrons. The zero-order chi connectivity index (χ0) is 11.5. The summed E-state index contributed by atoms with van der Waals surface area (Å²) >= 11 is 0. The van der Waals surface area contributed by atoms with Crippen molar-refractivity contribution in [2.24, 2.45) is 0 Å². The van der Waals surface area contributed by atoms with Gasteiger partial charge >= 0.3 is 6.09 Å². The number of cyclic esters (lactones) is 1. The van der Waals surface area contributed by atoms with E-state index in [1.165, 1.54) is 0 Å². The van der Waals surface area contributed by atoms with Gasteiger partial charge < -0.3 is 9.47 Å². The normalized spacial score (nSPS) is 14.8. The maximum Gasteiger partial charge on any atom is 0.416 e.